The van der Waals surface area contributed by atoms with Gasteiger partial charge in [-0.3, -0.25) is 4.79 Å². The van der Waals surface area contributed by atoms with Gasteiger partial charge in [-0.05, 0) is 12.1 Å². The van der Waals surface area contributed by atoms with Crippen molar-refractivity contribution in [3.63, 3.8) is 0 Å². The summed E-state index contributed by atoms with van der Waals surface area (Å²) < 4.78 is 0. The number of nitrogens with one attached hydrogen (secondary N) is 3. The number of benzene rings is 1. The predicted octanol–water partition coefficient (Wildman–Crippen LogP) is 2.16. The van der Waals surface area contributed by atoms with E-state index in [1.54, 1.807) is 0 Å². The van der Waals surface area contributed by atoms with E-state index in [1.165, 1.54) is 0 Å². The molecule has 0 saturated carbocycles. The van der Waals surface area contributed by atoms with E-state index in [4.69, 9.17) is 0 Å². The fourth-order valence-electron chi connectivity index (χ4n) is 2.49. The van der Waals surface area contributed by atoms with Crippen molar-refractivity contribution >= 4 is 53.5 Å². The molecule has 2 aromatic rings. The summed E-state index contributed by atoms with van der Waals surface area (Å²) in [5.41, 5.74) is 2.02. The van der Waals surface area contributed by atoms with Gasteiger partial charge in [0, 0.05) is 43.5 Å². The monoisotopic (exact) mass is 376 g/mol. The van der Waals surface area contributed by atoms with Crippen LogP contribution in [0.4, 0.5) is 0 Å². The molecule has 0 bridgehead atoms. The molecule has 5 nitrogen and oxygen atoms in total. The Morgan fingerprint density at radius 2 is 2.17 bits per heavy atom. The molecule has 0 spiro atoms. The topological polar surface area (TPSA) is 69.8 Å². The number of hydrogen-bond acceptors (Lipinski definition) is 4. The largest absolute Gasteiger partial charge is 0.356 e. The molecule has 3 N–H and O–H groups in total. The quantitative estimate of drug-likeness (QED) is 0.747. The number of fused-ring (bicyclic) bond motifs is 1. The molecule has 3 rings (SSSR count). The van der Waals surface area contributed by atoms with Gasteiger partial charge in [-0.25, -0.2) is 4.98 Å². The van der Waals surface area contributed by atoms with Crippen molar-refractivity contribution in [3.8, 4) is 0 Å². The van der Waals surface area contributed by atoms with Crippen molar-refractivity contribution in [1.82, 2.24) is 20.6 Å². The molecule has 1 amide bonds. The molecule has 1 fully saturated rings. The summed E-state index contributed by atoms with van der Waals surface area (Å²) in [5, 5.41) is 6.35. The summed E-state index contributed by atoms with van der Waals surface area (Å²) in [6.07, 6.45) is 1.29. The standard InChI is InChI=1S/C15H20N4OS.2ClH/c20-15(9-11-10-21-8-7-16-11)17-6-5-14-18-12-3-1-2-4-13(12)19-14;;/h1-4,11,16H,5-10H2,(H,17,20)(H,18,19);2*1H. The van der Waals surface area contributed by atoms with Crippen LogP contribution in [0.5, 0.6) is 0 Å². The number of carbonyl (C=O) groups excluding carboxylic acids is 1. The average molecular weight is 377 g/mol. The van der Waals surface area contributed by atoms with Crippen molar-refractivity contribution in [3.05, 3.63) is 30.1 Å². The zero-order chi connectivity index (χ0) is 14.5. The zero-order valence-electron chi connectivity index (χ0n) is 12.7. The molecule has 1 aliphatic rings. The molecular formula is C15H22Cl2N4OS. The maximum absolute atomic E-state index is 11.9. The van der Waals surface area contributed by atoms with Gasteiger partial charge >= 0.3 is 0 Å². The fraction of sp³-hybridized carbons (Fsp3) is 0.467. The number of thioether (sulfide) groups is 1. The molecule has 1 aromatic carbocycles. The smallest absolute Gasteiger partial charge is 0.221 e. The van der Waals surface area contributed by atoms with Crippen molar-refractivity contribution in [2.45, 2.75) is 18.9 Å². The van der Waals surface area contributed by atoms with Crippen molar-refractivity contribution < 1.29 is 4.79 Å². The summed E-state index contributed by atoms with van der Waals surface area (Å²) in [7, 11) is 0. The van der Waals surface area contributed by atoms with Crippen LogP contribution >= 0.6 is 36.6 Å². The highest BCUT2D eigenvalue weighted by molar-refractivity contribution is 7.99. The SMILES string of the molecule is Cl.Cl.O=C(CC1CSCCN1)NCCc1nc2ccccc2[nH]1. The Morgan fingerprint density at radius 1 is 1.35 bits per heavy atom. The molecule has 0 radical (unpaired) electrons. The Hall–Kier alpha value is -0.950. The second-order valence-corrected chi connectivity index (χ2v) is 6.38. The van der Waals surface area contributed by atoms with Gasteiger partial charge in [0.15, 0.2) is 0 Å². The molecule has 23 heavy (non-hydrogen) atoms. The van der Waals surface area contributed by atoms with E-state index in [0.29, 0.717) is 19.0 Å². The number of imidazole rings is 1. The Labute approximate surface area is 152 Å². The lowest BCUT2D eigenvalue weighted by Crippen LogP contribution is -2.41. The van der Waals surface area contributed by atoms with Gasteiger partial charge in [0.25, 0.3) is 0 Å². The van der Waals surface area contributed by atoms with E-state index in [1.807, 2.05) is 36.0 Å². The van der Waals surface area contributed by atoms with Gasteiger partial charge in [0.05, 0.1) is 11.0 Å². The Kier molecular flexibility index (Phi) is 8.76. The number of halogens is 2. The van der Waals surface area contributed by atoms with Gasteiger partial charge in [0.1, 0.15) is 5.82 Å². The predicted molar refractivity (Wildman–Crippen MR) is 101 cm³/mol. The fourth-order valence-corrected chi connectivity index (χ4v) is 3.44. The highest BCUT2D eigenvalue weighted by atomic mass is 35.5. The van der Waals surface area contributed by atoms with E-state index in [-0.39, 0.29) is 30.7 Å². The van der Waals surface area contributed by atoms with Gasteiger partial charge in [-0.2, -0.15) is 11.8 Å². The zero-order valence-corrected chi connectivity index (χ0v) is 15.2. The van der Waals surface area contributed by atoms with E-state index >= 15 is 0 Å². The van der Waals surface area contributed by atoms with E-state index < -0.39 is 0 Å². The van der Waals surface area contributed by atoms with Crippen LogP contribution in [0.3, 0.4) is 0 Å². The Bertz CT molecular complexity index is 583. The summed E-state index contributed by atoms with van der Waals surface area (Å²) in [6, 6.07) is 8.28. The van der Waals surface area contributed by atoms with E-state index in [9.17, 15) is 4.79 Å². The van der Waals surface area contributed by atoms with Crippen molar-refractivity contribution in [2.75, 3.05) is 24.6 Å². The first-order chi connectivity index (χ1) is 10.3. The summed E-state index contributed by atoms with van der Waals surface area (Å²) in [4.78, 5) is 19.7. The van der Waals surface area contributed by atoms with E-state index in [0.717, 1.165) is 41.3 Å². The van der Waals surface area contributed by atoms with Crippen LogP contribution in [0.25, 0.3) is 11.0 Å². The van der Waals surface area contributed by atoms with Gasteiger partial charge in [0.2, 0.25) is 5.91 Å². The Morgan fingerprint density at radius 3 is 2.91 bits per heavy atom. The third-order valence-electron chi connectivity index (χ3n) is 3.55. The second-order valence-electron chi connectivity index (χ2n) is 5.23. The minimum atomic E-state index is 0. The van der Waals surface area contributed by atoms with Crippen molar-refractivity contribution in [1.29, 1.82) is 0 Å². The molecule has 1 aromatic heterocycles. The number of para-hydroxylation sites is 2. The lowest BCUT2D eigenvalue weighted by Gasteiger charge is -2.22. The minimum Gasteiger partial charge on any atom is -0.356 e. The summed E-state index contributed by atoms with van der Waals surface area (Å²) >= 11 is 1.91. The number of aromatic nitrogens is 2. The third-order valence-corrected chi connectivity index (χ3v) is 4.68. The lowest BCUT2D eigenvalue weighted by atomic mass is 10.2. The first-order valence-electron chi connectivity index (χ1n) is 7.33. The number of amides is 1. The molecule has 2 heterocycles. The summed E-state index contributed by atoms with van der Waals surface area (Å²) in [5.74, 6) is 3.20. The third kappa shape index (κ3) is 5.88. The van der Waals surface area contributed by atoms with Gasteiger partial charge in [-0.15, -0.1) is 24.8 Å². The molecule has 1 saturated heterocycles. The lowest BCUT2D eigenvalue weighted by molar-refractivity contribution is -0.121. The van der Waals surface area contributed by atoms with Crippen molar-refractivity contribution in [2.24, 2.45) is 0 Å². The summed E-state index contributed by atoms with van der Waals surface area (Å²) in [6.45, 7) is 1.63. The normalized spacial score (nSPS) is 17.1. The highest BCUT2D eigenvalue weighted by Gasteiger charge is 2.16. The van der Waals surface area contributed by atoms with Crippen LogP contribution in [0.15, 0.2) is 24.3 Å². The van der Waals surface area contributed by atoms with Crippen LogP contribution in [-0.2, 0) is 11.2 Å². The maximum Gasteiger partial charge on any atom is 0.221 e. The number of aromatic amines is 1. The molecular weight excluding hydrogens is 355 g/mol. The van der Waals surface area contributed by atoms with Gasteiger partial charge in [-0.1, -0.05) is 12.1 Å². The number of nitrogens with zero attached hydrogens (tertiary/aromatic N) is 1. The van der Waals surface area contributed by atoms with Crippen LogP contribution in [-0.4, -0.2) is 46.5 Å². The number of rotatable bonds is 5. The first kappa shape index (κ1) is 20.1. The molecule has 8 heteroatoms. The van der Waals surface area contributed by atoms with E-state index in [2.05, 4.69) is 20.6 Å². The first-order valence-corrected chi connectivity index (χ1v) is 8.48. The molecule has 128 valence electrons. The molecule has 0 aliphatic carbocycles. The average Bonchev–Trinajstić information content (AvgIpc) is 2.91. The van der Waals surface area contributed by atoms with Gasteiger partial charge < -0.3 is 15.6 Å². The number of H-pyrrole nitrogens is 1. The van der Waals surface area contributed by atoms with Crippen LogP contribution in [0.2, 0.25) is 0 Å². The van der Waals surface area contributed by atoms with Crippen LogP contribution in [0, 0.1) is 0 Å². The second kappa shape index (κ2) is 10.0. The number of carbonyl (C=O) groups is 1. The highest BCUT2D eigenvalue weighted by Crippen LogP contribution is 2.11. The molecule has 1 atom stereocenters. The molecule has 1 aliphatic heterocycles. The molecule has 1 unspecified atom stereocenters. The Balaban J connectivity index is 0.00000132. The van der Waals surface area contributed by atoms with Crippen LogP contribution in [0.1, 0.15) is 12.2 Å². The number of hydrogen-bond donors (Lipinski definition) is 3. The maximum atomic E-state index is 11.9. The van der Waals surface area contributed by atoms with Crippen LogP contribution < -0.4 is 10.6 Å². The minimum absolute atomic E-state index is 0.